The van der Waals surface area contributed by atoms with E-state index >= 15 is 0 Å². The van der Waals surface area contributed by atoms with Crippen molar-refractivity contribution in [2.75, 3.05) is 13.2 Å². The summed E-state index contributed by atoms with van der Waals surface area (Å²) in [6.45, 7) is 7.02. The molecule has 0 radical (unpaired) electrons. The summed E-state index contributed by atoms with van der Waals surface area (Å²) in [6, 6.07) is 11.0. The van der Waals surface area contributed by atoms with E-state index in [-0.39, 0.29) is 5.54 Å². The monoisotopic (exact) mass is 230 g/mol. The van der Waals surface area contributed by atoms with E-state index in [1.54, 1.807) is 0 Å². The van der Waals surface area contributed by atoms with Crippen LogP contribution in [0.5, 0.6) is 0 Å². The third kappa shape index (κ3) is 2.34. The fourth-order valence-electron chi connectivity index (χ4n) is 2.19. The zero-order valence-electron chi connectivity index (χ0n) is 10.4. The third-order valence-corrected chi connectivity index (χ3v) is 3.21. The molecule has 3 rings (SSSR count). The van der Waals surface area contributed by atoms with Gasteiger partial charge in [0.25, 0.3) is 0 Å². The summed E-state index contributed by atoms with van der Waals surface area (Å²) in [4.78, 5) is 7.01. The molecule has 0 N–H and O–H groups in total. The topological polar surface area (TPSA) is 24.6 Å². The van der Waals surface area contributed by atoms with Crippen LogP contribution in [0.3, 0.4) is 0 Å². The molecule has 0 spiro atoms. The van der Waals surface area contributed by atoms with Gasteiger partial charge in [-0.15, -0.1) is 0 Å². The van der Waals surface area contributed by atoms with Gasteiger partial charge in [-0.1, -0.05) is 30.3 Å². The molecule has 0 aromatic heterocycles. The Labute approximate surface area is 102 Å². The Morgan fingerprint density at radius 3 is 2.76 bits per heavy atom. The lowest BCUT2D eigenvalue weighted by Gasteiger charge is -2.07. The molecule has 2 aliphatic rings. The maximum Gasteiger partial charge on any atom is 0.203 e. The second-order valence-corrected chi connectivity index (χ2v) is 5.48. The summed E-state index contributed by atoms with van der Waals surface area (Å²) >= 11 is 0. The van der Waals surface area contributed by atoms with Gasteiger partial charge in [0.2, 0.25) is 5.90 Å². The quantitative estimate of drug-likeness (QED) is 0.743. The van der Waals surface area contributed by atoms with E-state index in [9.17, 15) is 0 Å². The largest absolute Gasteiger partial charge is 0.477 e. The highest BCUT2D eigenvalue weighted by Crippen LogP contribution is 2.28. The minimum Gasteiger partial charge on any atom is -0.477 e. The average Bonchev–Trinajstić information content (AvgIpc) is 2.96. The molecule has 2 atom stereocenters. The Morgan fingerprint density at radius 2 is 2.12 bits per heavy atom. The molecule has 1 fully saturated rings. The van der Waals surface area contributed by atoms with Gasteiger partial charge in [0.1, 0.15) is 6.61 Å². The van der Waals surface area contributed by atoms with Crippen molar-refractivity contribution in [3.63, 3.8) is 0 Å². The molecule has 1 saturated heterocycles. The molecule has 2 aliphatic heterocycles. The van der Waals surface area contributed by atoms with Gasteiger partial charge in [0, 0.05) is 13.1 Å². The number of hydrogen-bond donors (Lipinski definition) is 0. The van der Waals surface area contributed by atoms with Crippen LogP contribution in [0.25, 0.3) is 0 Å². The lowest BCUT2D eigenvalue weighted by Crippen LogP contribution is -2.17. The predicted molar refractivity (Wildman–Crippen MR) is 68.1 cm³/mol. The Bertz CT molecular complexity index is 439. The zero-order chi connectivity index (χ0) is 11.9. The van der Waals surface area contributed by atoms with Crippen LogP contribution in [0.4, 0.5) is 0 Å². The molecular weight excluding hydrogens is 212 g/mol. The van der Waals surface area contributed by atoms with Gasteiger partial charge < -0.3 is 4.74 Å². The van der Waals surface area contributed by atoms with Crippen molar-refractivity contribution in [3.05, 3.63) is 35.9 Å². The van der Waals surface area contributed by atoms with Crippen molar-refractivity contribution in [1.29, 1.82) is 0 Å². The zero-order valence-corrected chi connectivity index (χ0v) is 10.4. The highest BCUT2D eigenvalue weighted by Gasteiger charge is 2.43. The van der Waals surface area contributed by atoms with E-state index in [0.29, 0.717) is 6.04 Å². The van der Waals surface area contributed by atoms with Crippen molar-refractivity contribution in [1.82, 2.24) is 4.90 Å². The van der Waals surface area contributed by atoms with Crippen LogP contribution in [0, 0.1) is 0 Å². The first-order chi connectivity index (χ1) is 8.14. The van der Waals surface area contributed by atoms with Crippen LogP contribution in [0.2, 0.25) is 0 Å². The van der Waals surface area contributed by atoms with Gasteiger partial charge >= 0.3 is 0 Å². The van der Waals surface area contributed by atoms with Gasteiger partial charge in [-0.25, -0.2) is 4.99 Å². The highest BCUT2D eigenvalue weighted by molar-refractivity contribution is 5.86. The van der Waals surface area contributed by atoms with E-state index in [1.165, 1.54) is 5.56 Å². The van der Waals surface area contributed by atoms with Crippen molar-refractivity contribution in [2.45, 2.75) is 32.0 Å². The summed E-state index contributed by atoms with van der Waals surface area (Å²) in [5.41, 5.74) is 1.32. The standard InChI is InChI=1S/C14H18N2O/c1-14(2)10-17-13(15-14)12-9-16(12)8-11-6-4-3-5-7-11/h3-7,12H,8-10H2,1-2H3/t12-,16?/m0/s1. The predicted octanol–water partition coefficient (Wildman–Crippen LogP) is 2.08. The second-order valence-electron chi connectivity index (χ2n) is 5.48. The van der Waals surface area contributed by atoms with Crippen LogP contribution < -0.4 is 0 Å². The maximum absolute atomic E-state index is 5.67. The summed E-state index contributed by atoms with van der Waals surface area (Å²) < 4.78 is 5.67. The number of rotatable bonds is 3. The lowest BCUT2D eigenvalue weighted by atomic mass is 10.1. The fourth-order valence-corrected chi connectivity index (χ4v) is 2.19. The van der Waals surface area contributed by atoms with Crippen molar-refractivity contribution in [2.24, 2.45) is 4.99 Å². The molecule has 0 aliphatic carbocycles. The van der Waals surface area contributed by atoms with Crippen LogP contribution >= 0.6 is 0 Å². The molecule has 0 amide bonds. The lowest BCUT2D eigenvalue weighted by molar-refractivity contribution is 0.271. The Balaban J connectivity index is 1.61. The smallest absolute Gasteiger partial charge is 0.203 e. The molecule has 3 heteroatoms. The number of hydrogen-bond acceptors (Lipinski definition) is 3. The second kappa shape index (κ2) is 3.84. The summed E-state index contributed by atoms with van der Waals surface area (Å²) in [7, 11) is 0. The van der Waals surface area contributed by atoms with Crippen molar-refractivity contribution < 1.29 is 4.74 Å². The minimum absolute atomic E-state index is 0.0314. The molecule has 1 aromatic rings. The number of aliphatic imine (C=N–C) groups is 1. The third-order valence-electron chi connectivity index (χ3n) is 3.21. The van der Waals surface area contributed by atoms with Crippen LogP contribution in [-0.2, 0) is 11.3 Å². The van der Waals surface area contributed by atoms with Gasteiger partial charge in [-0.3, -0.25) is 4.90 Å². The van der Waals surface area contributed by atoms with Crippen LogP contribution in [-0.4, -0.2) is 35.5 Å². The molecule has 0 saturated carbocycles. The Kier molecular flexibility index (Phi) is 2.44. The van der Waals surface area contributed by atoms with Crippen molar-refractivity contribution >= 4 is 5.90 Å². The summed E-state index contributed by atoms with van der Waals surface area (Å²) in [5.74, 6) is 0.936. The summed E-state index contributed by atoms with van der Waals surface area (Å²) in [6.07, 6.45) is 0. The van der Waals surface area contributed by atoms with E-state index in [2.05, 4.69) is 54.1 Å². The van der Waals surface area contributed by atoms with Gasteiger partial charge in [-0.2, -0.15) is 0 Å². The van der Waals surface area contributed by atoms with Crippen LogP contribution in [0.1, 0.15) is 19.4 Å². The average molecular weight is 230 g/mol. The van der Waals surface area contributed by atoms with Crippen LogP contribution in [0.15, 0.2) is 35.3 Å². The first-order valence-corrected chi connectivity index (χ1v) is 6.15. The molecule has 3 nitrogen and oxygen atoms in total. The van der Waals surface area contributed by atoms with E-state index in [4.69, 9.17) is 4.74 Å². The Morgan fingerprint density at radius 1 is 1.35 bits per heavy atom. The van der Waals surface area contributed by atoms with E-state index < -0.39 is 0 Å². The molecule has 0 bridgehead atoms. The minimum atomic E-state index is -0.0314. The Hall–Kier alpha value is -1.35. The highest BCUT2D eigenvalue weighted by atomic mass is 16.5. The van der Waals surface area contributed by atoms with E-state index in [0.717, 1.165) is 25.6 Å². The normalized spacial score (nSPS) is 29.6. The number of benzene rings is 1. The van der Waals surface area contributed by atoms with E-state index in [1.807, 2.05) is 0 Å². The van der Waals surface area contributed by atoms with Crippen molar-refractivity contribution in [3.8, 4) is 0 Å². The SMILES string of the molecule is CC1(C)COC([C@@H]2CN2Cc2ccccc2)=N1. The number of ether oxygens (including phenoxy) is 1. The summed E-state index contributed by atoms with van der Waals surface area (Å²) in [5, 5.41) is 0. The molecular formula is C14H18N2O. The van der Waals surface area contributed by atoms with Gasteiger partial charge in [-0.05, 0) is 19.4 Å². The maximum atomic E-state index is 5.67. The first kappa shape index (κ1) is 10.8. The molecule has 90 valence electrons. The first-order valence-electron chi connectivity index (χ1n) is 6.15. The molecule has 1 aromatic carbocycles. The van der Waals surface area contributed by atoms with Gasteiger partial charge in [0.05, 0.1) is 11.6 Å². The fraction of sp³-hybridized carbons (Fsp3) is 0.500. The molecule has 1 unspecified atom stereocenters. The molecule has 2 heterocycles. The number of nitrogens with zero attached hydrogens (tertiary/aromatic N) is 2. The molecule has 17 heavy (non-hydrogen) atoms. The van der Waals surface area contributed by atoms with Gasteiger partial charge in [0.15, 0.2) is 0 Å².